The van der Waals surface area contributed by atoms with Crippen molar-refractivity contribution in [3.63, 3.8) is 0 Å². The van der Waals surface area contributed by atoms with Crippen molar-refractivity contribution in [3.05, 3.63) is 41.2 Å². The van der Waals surface area contributed by atoms with E-state index in [-0.39, 0.29) is 5.91 Å². The van der Waals surface area contributed by atoms with Crippen LogP contribution in [0.5, 0.6) is 11.5 Å². The Hall–Kier alpha value is -2.54. The molecule has 2 aromatic rings. The van der Waals surface area contributed by atoms with Gasteiger partial charge in [-0.25, -0.2) is 0 Å². The van der Waals surface area contributed by atoms with Crippen LogP contribution in [0.4, 0.5) is 0 Å². The summed E-state index contributed by atoms with van der Waals surface area (Å²) < 4.78 is 10.7. The van der Waals surface area contributed by atoms with E-state index in [1.165, 1.54) is 5.56 Å². The molecule has 1 atom stereocenters. The number of nitrogens with zero attached hydrogens (tertiary/aromatic N) is 3. The van der Waals surface area contributed by atoms with E-state index >= 15 is 0 Å². The Morgan fingerprint density at radius 3 is 2.75 bits per heavy atom. The van der Waals surface area contributed by atoms with Crippen molar-refractivity contribution >= 4 is 5.91 Å². The van der Waals surface area contributed by atoms with Gasteiger partial charge in [-0.1, -0.05) is 6.07 Å². The number of H-pyrrole nitrogens is 1. The molecular weight excluding hydrogens is 356 g/mol. The molecule has 1 aromatic carbocycles. The summed E-state index contributed by atoms with van der Waals surface area (Å²) in [6.45, 7) is 4.37. The van der Waals surface area contributed by atoms with Gasteiger partial charge in [-0.15, -0.1) is 0 Å². The predicted octanol–water partition coefficient (Wildman–Crippen LogP) is 2.51. The highest BCUT2D eigenvalue weighted by Gasteiger charge is 2.27. The number of aromatic amines is 1. The molecule has 0 unspecified atom stereocenters. The highest BCUT2D eigenvalue weighted by Crippen LogP contribution is 2.28. The molecular formula is C21H30N4O3. The fourth-order valence-corrected chi connectivity index (χ4v) is 3.71. The summed E-state index contributed by atoms with van der Waals surface area (Å²) in [4.78, 5) is 17.0. The van der Waals surface area contributed by atoms with Gasteiger partial charge in [0.25, 0.3) is 5.91 Å². The summed E-state index contributed by atoms with van der Waals surface area (Å²) in [6, 6.07) is 8.22. The summed E-state index contributed by atoms with van der Waals surface area (Å²) in [5.41, 5.74) is 2.62. The van der Waals surface area contributed by atoms with E-state index in [0.29, 0.717) is 11.7 Å². The molecule has 1 amide bonds. The Kier molecular flexibility index (Phi) is 6.57. The van der Waals surface area contributed by atoms with Crippen LogP contribution < -0.4 is 9.47 Å². The first kappa shape index (κ1) is 20.2. The standard InChI is InChI=1S/C21H30N4O3/c1-15-12-18(23-22-15)21(26)25-10-5-6-17(14-25)24(2)11-9-16-7-8-19(27-3)20(13-16)28-4/h7-8,12-13,17H,5-6,9-11,14H2,1-4H3,(H,22,23)/t17-/m1/s1. The van der Waals surface area contributed by atoms with Crippen LogP contribution in [-0.2, 0) is 6.42 Å². The average Bonchev–Trinajstić information content (AvgIpc) is 3.17. The van der Waals surface area contributed by atoms with Crippen molar-refractivity contribution in [2.45, 2.75) is 32.2 Å². The minimum Gasteiger partial charge on any atom is -0.493 e. The smallest absolute Gasteiger partial charge is 0.274 e. The van der Waals surface area contributed by atoms with Crippen LogP contribution >= 0.6 is 0 Å². The molecule has 1 aliphatic heterocycles. The lowest BCUT2D eigenvalue weighted by Crippen LogP contribution is -2.49. The molecule has 1 aromatic heterocycles. The van der Waals surface area contributed by atoms with Gasteiger partial charge < -0.3 is 19.3 Å². The second kappa shape index (κ2) is 9.10. The maximum Gasteiger partial charge on any atom is 0.274 e. The zero-order chi connectivity index (χ0) is 20.1. The molecule has 2 heterocycles. The number of piperidine rings is 1. The minimum atomic E-state index is 0.0161. The van der Waals surface area contributed by atoms with Crippen LogP contribution in [0.1, 0.15) is 34.6 Å². The number of methoxy groups -OCH3 is 2. The molecule has 1 saturated heterocycles. The molecule has 3 rings (SSSR count). The number of carbonyl (C=O) groups excluding carboxylic acids is 1. The Labute approximate surface area is 166 Å². The number of hydrogen-bond donors (Lipinski definition) is 1. The largest absolute Gasteiger partial charge is 0.493 e. The van der Waals surface area contributed by atoms with E-state index in [1.807, 2.05) is 30.0 Å². The Balaban J connectivity index is 1.57. The number of aryl methyl sites for hydroxylation is 1. The minimum absolute atomic E-state index is 0.0161. The van der Waals surface area contributed by atoms with Gasteiger partial charge in [0.1, 0.15) is 5.69 Å². The Morgan fingerprint density at radius 2 is 2.07 bits per heavy atom. The molecule has 0 saturated carbocycles. The zero-order valence-electron chi connectivity index (χ0n) is 17.2. The van der Waals surface area contributed by atoms with Crippen molar-refractivity contribution < 1.29 is 14.3 Å². The van der Waals surface area contributed by atoms with Crippen LogP contribution in [0.25, 0.3) is 0 Å². The van der Waals surface area contributed by atoms with E-state index in [0.717, 1.165) is 56.1 Å². The number of benzene rings is 1. The highest BCUT2D eigenvalue weighted by molar-refractivity contribution is 5.92. The van der Waals surface area contributed by atoms with Crippen molar-refractivity contribution in [2.75, 3.05) is 40.9 Å². The maximum absolute atomic E-state index is 12.7. The highest BCUT2D eigenvalue weighted by atomic mass is 16.5. The molecule has 1 N–H and O–H groups in total. The summed E-state index contributed by atoms with van der Waals surface area (Å²) in [5.74, 6) is 1.52. The molecule has 1 fully saturated rings. The number of rotatable bonds is 7. The first-order chi connectivity index (χ1) is 13.5. The van der Waals surface area contributed by atoms with E-state index in [9.17, 15) is 4.79 Å². The zero-order valence-corrected chi connectivity index (χ0v) is 17.2. The topological polar surface area (TPSA) is 70.7 Å². The van der Waals surface area contributed by atoms with Crippen LogP contribution in [0.3, 0.4) is 0 Å². The number of likely N-dealkylation sites (N-methyl/N-ethyl adjacent to an activating group) is 1. The fourth-order valence-electron chi connectivity index (χ4n) is 3.71. The first-order valence-corrected chi connectivity index (χ1v) is 9.74. The molecule has 0 aliphatic carbocycles. The quantitative estimate of drug-likeness (QED) is 0.792. The predicted molar refractivity (Wildman–Crippen MR) is 108 cm³/mol. The monoisotopic (exact) mass is 386 g/mol. The van der Waals surface area contributed by atoms with E-state index in [2.05, 4.69) is 28.2 Å². The SMILES string of the molecule is COc1ccc(CCN(C)[C@@H]2CCCN(C(=O)c3cc(C)[nH]n3)C2)cc1OC. The molecule has 0 spiro atoms. The normalized spacial score (nSPS) is 17.0. The number of likely N-dealkylation sites (tertiary alicyclic amines) is 1. The maximum atomic E-state index is 12.7. The third-order valence-corrected chi connectivity index (χ3v) is 5.43. The molecule has 7 heteroatoms. The van der Waals surface area contributed by atoms with Crippen LogP contribution in [0.2, 0.25) is 0 Å². The number of aromatic nitrogens is 2. The van der Waals surface area contributed by atoms with Gasteiger partial charge in [0.2, 0.25) is 0 Å². The molecule has 28 heavy (non-hydrogen) atoms. The van der Waals surface area contributed by atoms with E-state index in [4.69, 9.17) is 9.47 Å². The van der Waals surface area contributed by atoms with Gasteiger partial charge in [-0.3, -0.25) is 9.89 Å². The summed E-state index contributed by atoms with van der Waals surface area (Å²) >= 11 is 0. The first-order valence-electron chi connectivity index (χ1n) is 9.74. The third kappa shape index (κ3) is 4.65. The number of carbonyl (C=O) groups is 1. The van der Waals surface area contributed by atoms with E-state index in [1.54, 1.807) is 14.2 Å². The number of ether oxygens (including phenoxy) is 2. The lowest BCUT2D eigenvalue weighted by atomic mass is 10.0. The molecule has 152 valence electrons. The van der Waals surface area contributed by atoms with Gasteiger partial charge in [0.15, 0.2) is 11.5 Å². The van der Waals surface area contributed by atoms with Gasteiger partial charge in [-0.2, -0.15) is 5.10 Å². The Bertz CT molecular complexity index is 805. The van der Waals surface area contributed by atoms with Crippen LogP contribution in [-0.4, -0.2) is 72.8 Å². The lowest BCUT2D eigenvalue weighted by Gasteiger charge is -2.37. The molecule has 7 nitrogen and oxygen atoms in total. The molecule has 0 radical (unpaired) electrons. The van der Waals surface area contributed by atoms with Crippen LogP contribution in [0, 0.1) is 6.92 Å². The van der Waals surface area contributed by atoms with E-state index < -0.39 is 0 Å². The number of nitrogens with one attached hydrogen (secondary N) is 1. The second-order valence-corrected chi connectivity index (χ2v) is 7.40. The summed E-state index contributed by atoms with van der Waals surface area (Å²) in [7, 11) is 5.44. The van der Waals surface area contributed by atoms with Gasteiger partial charge in [0, 0.05) is 31.4 Å². The van der Waals surface area contributed by atoms with Crippen LogP contribution in [0.15, 0.2) is 24.3 Å². The van der Waals surface area contributed by atoms with Crippen molar-refractivity contribution in [2.24, 2.45) is 0 Å². The van der Waals surface area contributed by atoms with Gasteiger partial charge in [-0.05, 0) is 57.0 Å². The summed E-state index contributed by atoms with van der Waals surface area (Å²) in [6.07, 6.45) is 3.03. The van der Waals surface area contributed by atoms with Crippen molar-refractivity contribution in [1.82, 2.24) is 20.0 Å². The van der Waals surface area contributed by atoms with Crippen molar-refractivity contribution in [3.8, 4) is 11.5 Å². The lowest BCUT2D eigenvalue weighted by molar-refractivity contribution is 0.0606. The molecule has 1 aliphatic rings. The average molecular weight is 386 g/mol. The Morgan fingerprint density at radius 1 is 1.29 bits per heavy atom. The van der Waals surface area contributed by atoms with Crippen molar-refractivity contribution in [1.29, 1.82) is 0 Å². The number of amides is 1. The number of hydrogen-bond acceptors (Lipinski definition) is 5. The molecule has 0 bridgehead atoms. The summed E-state index contributed by atoms with van der Waals surface area (Å²) in [5, 5.41) is 6.97. The van der Waals surface area contributed by atoms with Gasteiger partial charge >= 0.3 is 0 Å². The fraction of sp³-hybridized carbons (Fsp3) is 0.524. The second-order valence-electron chi connectivity index (χ2n) is 7.40. The third-order valence-electron chi connectivity index (χ3n) is 5.43. The van der Waals surface area contributed by atoms with Gasteiger partial charge in [0.05, 0.1) is 14.2 Å².